The molecule has 0 saturated carbocycles. The molecule has 1 aliphatic heterocycles. The van der Waals surface area contributed by atoms with Gasteiger partial charge in [-0.1, -0.05) is 11.3 Å². The Labute approximate surface area is 150 Å². The minimum atomic E-state index is -0.566. The average Bonchev–Trinajstić information content (AvgIpc) is 3.15. The molecule has 26 heavy (non-hydrogen) atoms. The maximum atomic E-state index is 13.4. The lowest BCUT2D eigenvalue weighted by molar-refractivity contribution is 0.0730. The molecule has 3 aromatic rings. The van der Waals surface area contributed by atoms with Crippen molar-refractivity contribution in [3.63, 3.8) is 0 Å². The highest BCUT2D eigenvalue weighted by Crippen LogP contribution is 2.30. The van der Waals surface area contributed by atoms with Crippen molar-refractivity contribution in [2.45, 2.75) is 33.4 Å². The van der Waals surface area contributed by atoms with Crippen LogP contribution in [0, 0.1) is 12.9 Å². The Hall–Kier alpha value is -3.09. The number of aromatic nitrogens is 4. The van der Waals surface area contributed by atoms with Crippen LogP contribution in [0.1, 0.15) is 35.5 Å². The molecule has 0 atom stereocenters. The van der Waals surface area contributed by atoms with Gasteiger partial charge < -0.3 is 4.90 Å². The van der Waals surface area contributed by atoms with Gasteiger partial charge in [-0.05, 0) is 44.5 Å². The molecule has 0 saturated heterocycles. The number of pyridine rings is 1. The maximum Gasteiger partial charge on any atom is 0.254 e. The molecule has 1 aromatic carbocycles. The fraction of sp³-hybridized carbons (Fsp3) is 0.263. The summed E-state index contributed by atoms with van der Waals surface area (Å²) in [4.78, 5) is 17.8. The van der Waals surface area contributed by atoms with Crippen LogP contribution in [-0.4, -0.2) is 36.8 Å². The van der Waals surface area contributed by atoms with Gasteiger partial charge >= 0.3 is 0 Å². The molecule has 2 aromatic heterocycles. The van der Waals surface area contributed by atoms with Crippen LogP contribution < -0.4 is 0 Å². The lowest BCUT2D eigenvalue weighted by Crippen LogP contribution is -2.30. The predicted molar refractivity (Wildman–Crippen MR) is 94.3 cm³/mol. The first-order valence-corrected chi connectivity index (χ1v) is 8.44. The summed E-state index contributed by atoms with van der Waals surface area (Å²) >= 11 is 0. The van der Waals surface area contributed by atoms with Crippen molar-refractivity contribution in [1.29, 1.82) is 0 Å². The molecule has 1 aliphatic rings. The van der Waals surface area contributed by atoms with Gasteiger partial charge in [-0.3, -0.25) is 4.79 Å². The van der Waals surface area contributed by atoms with E-state index in [9.17, 15) is 9.18 Å². The summed E-state index contributed by atoms with van der Waals surface area (Å²) in [7, 11) is 0. The van der Waals surface area contributed by atoms with Crippen LogP contribution in [0.15, 0.2) is 36.5 Å². The Bertz CT molecular complexity index is 1010. The monoisotopic (exact) mass is 351 g/mol. The number of hydrogen-bond donors (Lipinski definition) is 0. The van der Waals surface area contributed by atoms with E-state index in [1.54, 1.807) is 10.7 Å². The Morgan fingerprint density at radius 1 is 1.19 bits per heavy atom. The molecule has 0 aliphatic carbocycles. The minimum Gasteiger partial charge on any atom is -0.332 e. The van der Waals surface area contributed by atoms with E-state index in [4.69, 9.17) is 0 Å². The third kappa shape index (κ3) is 2.56. The van der Waals surface area contributed by atoms with Gasteiger partial charge in [0, 0.05) is 36.0 Å². The largest absolute Gasteiger partial charge is 0.332 e. The zero-order chi connectivity index (χ0) is 18.4. The zero-order valence-electron chi connectivity index (χ0n) is 14.8. The van der Waals surface area contributed by atoms with E-state index >= 15 is 0 Å². The number of carbonyl (C=O) groups is 1. The number of carbonyl (C=O) groups excluding carboxylic acids is 1. The molecule has 0 radical (unpaired) electrons. The number of rotatable bonds is 3. The van der Waals surface area contributed by atoms with Crippen LogP contribution in [0.25, 0.3) is 16.9 Å². The fourth-order valence-corrected chi connectivity index (χ4v) is 3.27. The second-order valence-corrected chi connectivity index (χ2v) is 6.67. The Kier molecular flexibility index (Phi) is 3.79. The summed E-state index contributed by atoms with van der Waals surface area (Å²) in [6, 6.07) is 8.87. The predicted octanol–water partition coefficient (Wildman–Crippen LogP) is 3.14. The van der Waals surface area contributed by atoms with E-state index in [2.05, 4.69) is 15.3 Å². The van der Waals surface area contributed by atoms with E-state index in [-0.39, 0.29) is 11.9 Å². The third-order valence-electron chi connectivity index (χ3n) is 4.68. The number of fused-ring (bicyclic) bond motifs is 1. The lowest BCUT2D eigenvalue weighted by Gasteiger charge is -2.19. The number of halogens is 1. The van der Waals surface area contributed by atoms with Crippen LogP contribution in [0.3, 0.4) is 0 Å². The Balaban J connectivity index is 1.73. The second-order valence-electron chi connectivity index (χ2n) is 6.67. The standard InChI is InChI=1S/C19H18FN5O/c1-11(2)24-10-14-8-13(4-5-16(14)19(24)26)18-12(3)25(23-22-18)15-6-7-21-17(20)9-15/h4-9,11H,10H2,1-3H3. The summed E-state index contributed by atoms with van der Waals surface area (Å²) in [6.45, 7) is 6.50. The Morgan fingerprint density at radius 3 is 2.73 bits per heavy atom. The first-order chi connectivity index (χ1) is 12.5. The van der Waals surface area contributed by atoms with Gasteiger partial charge in [-0.15, -0.1) is 5.10 Å². The van der Waals surface area contributed by atoms with Crippen molar-refractivity contribution in [1.82, 2.24) is 24.9 Å². The molecule has 0 bridgehead atoms. The average molecular weight is 351 g/mol. The normalized spacial score (nSPS) is 13.6. The van der Waals surface area contributed by atoms with Crippen molar-refractivity contribution in [3.05, 3.63) is 59.3 Å². The fourth-order valence-electron chi connectivity index (χ4n) is 3.27. The number of amides is 1. The second kappa shape index (κ2) is 6.01. The first-order valence-electron chi connectivity index (χ1n) is 8.44. The summed E-state index contributed by atoms with van der Waals surface area (Å²) in [5.41, 5.74) is 4.69. The summed E-state index contributed by atoms with van der Waals surface area (Å²) in [5.74, 6) is -0.502. The van der Waals surface area contributed by atoms with Crippen molar-refractivity contribution < 1.29 is 9.18 Å². The molecule has 0 unspecified atom stereocenters. The van der Waals surface area contributed by atoms with Gasteiger partial charge in [0.2, 0.25) is 5.95 Å². The van der Waals surface area contributed by atoms with Gasteiger partial charge in [0.25, 0.3) is 5.91 Å². The molecule has 7 heteroatoms. The molecular weight excluding hydrogens is 333 g/mol. The van der Waals surface area contributed by atoms with Crippen molar-refractivity contribution in [2.24, 2.45) is 0 Å². The van der Waals surface area contributed by atoms with Gasteiger partial charge in [0.1, 0.15) is 5.69 Å². The highest BCUT2D eigenvalue weighted by Gasteiger charge is 2.29. The molecule has 0 fully saturated rings. The summed E-state index contributed by atoms with van der Waals surface area (Å²) in [5, 5.41) is 8.41. The minimum absolute atomic E-state index is 0.0641. The molecule has 1 amide bonds. The van der Waals surface area contributed by atoms with Crippen LogP contribution in [0.5, 0.6) is 0 Å². The lowest BCUT2D eigenvalue weighted by atomic mass is 10.0. The SMILES string of the molecule is Cc1c(-c2ccc3c(c2)CN(C(C)C)C3=O)nnn1-c1ccnc(F)c1. The quantitative estimate of drug-likeness (QED) is 0.680. The highest BCUT2D eigenvalue weighted by molar-refractivity contribution is 5.99. The van der Waals surface area contributed by atoms with E-state index in [0.29, 0.717) is 17.9 Å². The zero-order valence-corrected chi connectivity index (χ0v) is 14.8. The van der Waals surface area contributed by atoms with E-state index in [0.717, 1.165) is 22.4 Å². The van der Waals surface area contributed by atoms with Gasteiger partial charge in [0.05, 0.1) is 11.4 Å². The molecular formula is C19H18FN5O. The van der Waals surface area contributed by atoms with Gasteiger partial charge in [-0.25, -0.2) is 9.67 Å². The summed E-state index contributed by atoms with van der Waals surface area (Å²) in [6.07, 6.45) is 1.40. The van der Waals surface area contributed by atoms with E-state index in [1.807, 2.05) is 43.9 Å². The Morgan fingerprint density at radius 2 is 2.00 bits per heavy atom. The van der Waals surface area contributed by atoms with Gasteiger partial charge in [0.15, 0.2) is 0 Å². The van der Waals surface area contributed by atoms with Crippen LogP contribution >= 0.6 is 0 Å². The van der Waals surface area contributed by atoms with Crippen LogP contribution in [0.4, 0.5) is 4.39 Å². The third-order valence-corrected chi connectivity index (χ3v) is 4.68. The van der Waals surface area contributed by atoms with Crippen LogP contribution in [0.2, 0.25) is 0 Å². The maximum absolute atomic E-state index is 13.4. The first kappa shape index (κ1) is 16.4. The van der Waals surface area contributed by atoms with Crippen molar-refractivity contribution >= 4 is 5.91 Å². The molecule has 0 N–H and O–H groups in total. The number of nitrogens with zero attached hydrogens (tertiary/aromatic N) is 5. The molecule has 132 valence electrons. The summed E-state index contributed by atoms with van der Waals surface area (Å²) < 4.78 is 15.0. The van der Waals surface area contributed by atoms with E-state index in [1.165, 1.54) is 12.3 Å². The highest BCUT2D eigenvalue weighted by atomic mass is 19.1. The van der Waals surface area contributed by atoms with E-state index < -0.39 is 5.95 Å². The topological polar surface area (TPSA) is 63.9 Å². The smallest absolute Gasteiger partial charge is 0.254 e. The van der Waals surface area contributed by atoms with Gasteiger partial charge in [-0.2, -0.15) is 4.39 Å². The number of hydrogen-bond acceptors (Lipinski definition) is 4. The van der Waals surface area contributed by atoms with Crippen molar-refractivity contribution in [2.75, 3.05) is 0 Å². The molecule has 4 rings (SSSR count). The molecule has 0 spiro atoms. The van der Waals surface area contributed by atoms with Crippen LogP contribution in [-0.2, 0) is 6.54 Å². The number of benzene rings is 1. The molecule has 3 heterocycles. The molecule has 6 nitrogen and oxygen atoms in total. The van der Waals surface area contributed by atoms with Crippen molar-refractivity contribution in [3.8, 4) is 16.9 Å².